The molecule has 0 aliphatic rings. The van der Waals surface area contributed by atoms with Gasteiger partial charge in [-0.25, -0.2) is 4.98 Å². The van der Waals surface area contributed by atoms with Gasteiger partial charge in [0.15, 0.2) is 0 Å². The van der Waals surface area contributed by atoms with Crippen molar-refractivity contribution in [1.82, 2.24) is 4.98 Å². The molecule has 0 unspecified atom stereocenters. The van der Waals surface area contributed by atoms with Crippen LogP contribution in [0.1, 0.15) is 10.5 Å². The second-order valence-electron chi connectivity index (χ2n) is 3.95. The zero-order chi connectivity index (χ0) is 13.9. The molecule has 1 aromatic carbocycles. The van der Waals surface area contributed by atoms with Crippen molar-refractivity contribution in [3.8, 4) is 9.88 Å². The molecule has 1 amide bonds. The van der Waals surface area contributed by atoms with Crippen LogP contribution in [-0.2, 0) is 0 Å². The fourth-order valence-electron chi connectivity index (χ4n) is 1.64. The number of carbonyl (C=O) groups excluding carboxylic acids is 1. The van der Waals surface area contributed by atoms with E-state index in [9.17, 15) is 4.79 Å². The average Bonchev–Trinajstić information content (AvgIpc) is 3.11. The molecule has 3 aromatic rings. The van der Waals surface area contributed by atoms with Crippen LogP contribution in [0.3, 0.4) is 0 Å². The summed E-state index contributed by atoms with van der Waals surface area (Å²) in [5.74, 6) is -0.173. The van der Waals surface area contributed by atoms with Crippen molar-refractivity contribution >= 4 is 56.9 Å². The highest BCUT2D eigenvalue weighted by molar-refractivity contribution is 14.1. The Kier molecular flexibility index (Phi) is 4.13. The second-order valence-corrected chi connectivity index (χ2v) is 6.92. The monoisotopic (exact) mass is 412 g/mol. The lowest BCUT2D eigenvalue weighted by atomic mass is 10.3. The first kappa shape index (κ1) is 13.7. The maximum absolute atomic E-state index is 12.2. The Morgan fingerprint density at radius 2 is 2.00 bits per heavy atom. The Balaban J connectivity index is 1.80. The summed E-state index contributed by atoms with van der Waals surface area (Å²) in [4.78, 5) is 17.7. The SMILES string of the molecule is O=C(Nc1ccccc1I)c1csc(-c2cccs2)n1. The van der Waals surface area contributed by atoms with Crippen LogP contribution in [0.4, 0.5) is 5.69 Å². The molecule has 6 heteroatoms. The number of nitrogens with zero attached hydrogens (tertiary/aromatic N) is 1. The van der Waals surface area contributed by atoms with Gasteiger partial charge in [-0.2, -0.15) is 0 Å². The molecule has 1 N–H and O–H groups in total. The Morgan fingerprint density at radius 3 is 2.75 bits per heavy atom. The fraction of sp³-hybridized carbons (Fsp3) is 0. The molecule has 3 rings (SSSR count). The van der Waals surface area contributed by atoms with Gasteiger partial charge in [-0.05, 0) is 46.2 Å². The number of hydrogen-bond donors (Lipinski definition) is 1. The van der Waals surface area contributed by atoms with Crippen LogP contribution in [0, 0.1) is 3.57 Å². The van der Waals surface area contributed by atoms with E-state index in [1.54, 1.807) is 16.7 Å². The second kappa shape index (κ2) is 6.02. The van der Waals surface area contributed by atoms with Crippen LogP contribution in [0.25, 0.3) is 9.88 Å². The van der Waals surface area contributed by atoms with Crippen molar-refractivity contribution in [2.24, 2.45) is 0 Å². The van der Waals surface area contributed by atoms with Gasteiger partial charge in [0.1, 0.15) is 10.7 Å². The van der Waals surface area contributed by atoms with E-state index >= 15 is 0 Å². The van der Waals surface area contributed by atoms with E-state index < -0.39 is 0 Å². The third-order valence-electron chi connectivity index (χ3n) is 2.59. The smallest absolute Gasteiger partial charge is 0.275 e. The van der Waals surface area contributed by atoms with Gasteiger partial charge in [0, 0.05) is 8.95 Å². The summed E-state index contributed by atoms with van der Waals surface area (Å²) in [6, 6.07) is 11.7. The molecule has 0 aliphatic carbocycles. The highest BCUT2D eigenvalue weighted by Gasteiger charge is 2.13. The van der Waals surface area contributed by atoms with E-state index in [2.05, 4.69) is 32.9 Å². The molecule has 100 valence electrons. The number of hydrogen-bond acceptors (Lipinski definition) is 4. The summed E-state index contributed by atoms with van der Waals surface area (Å²) < 4.78 is 1.01. The molecule has 0 radical (unpaired) electrons. The molecule has 0 bridgehead atoms. The molecule has 2 heterocycles. The van der Waals surface area contributed by atoms with Gasteiger partial charge in [-0.15, -0.1) is 22.7 Å². The molecule has 3 nitrogen and oxygen atoms in total. The molecule has 0 saturated heterocycles. The molecular weight excluding hydrogens is 403 g/mol. The number of para-hydroxylation sites is 1. The predicted molar refractivity (Wildman–Crippen MR) is 92.5 cm³/mol. The quantitative estimate of drug-likeness (QED) is 0.633. The Hall–Kier alpha value is -1.25. The normalized spacial score (nSPS) is 10.4. The zero-order valence-electron chi connectivity index (χ0n) is 10.2. The molecule has 0 aliphatic heterocycles. The third-order valence-corrected chi connectivity index (χ3v) is 5.41. The van der Waals surface area contributed by atoms with Gasteiger partial charge in [-0.1, -0.05) is 18.2 Å². The van der Waals surface area contributed by atoms with Crippen LogP contribution in [0.2, 0.25) is 0 Å². The molecule has 0 fully saturated rings. The van der Waals surface area contributed by atoms with E-state index in [0.717, 1.165) is 19.1 Å². The van der Waals surface area contributed by atoms with Crippen LogP contribution in [-0.4, -0.2) is 10.9 Å². The van der Waals surface area contributed by atoms with Crippen molar-refractivity contribution in [2.75, 3.05) is 5.32 Å². The minimum Gasteiger partial charge on any atom is -0.320 e. The molecular formula is C14H9IN2OS2. The number of nitrogens with one attached hydrogen (secondary N) is 1. The van der Waals surface area contributed by atoms with Crippen molar-refractivity contribution in [3.63, 3.8) is 0 Å². The van der Waals surface area contributed by atoms with Crippen molar-refractivity contribution in [3.05, 3.63) is 56.4 Å². The first-order valence-electron chi connectivity index (χ1n) is 5.79. The van der Waals surface area contributed by atoms with Crippen LogP contribution in [0.15, 0.2) is 47.2 Å². The van der Waals surface area contributed by atoms with Gasteiger partial charge in [-0.3, -0.25) is 4.79 Å². The summed E-state index contributed by atoms with van der Waals surface area (Å²) >= 11 is 5.31. The number of benzene rings is 1. The number of thiazole rings is 1. The summed E-state index contributed by atoms with van der Waals surface area (Å²) in [5, 5.41) is 7.56. The number of thiophene rings is 1. The van der Waals surface area contributed by atoms with Crippen molar-refractivity contribution in [1.29, 1.82) is 0 Å². The van der Waals surface area contributed by atoms with E-state index in [1.807, 2.05) is 41.8 Å². The summed E-state index contributed by atoms with van der Waals surface area (Å²) in [5.41, 5.74) is 1.27. The van der Waals surface area contributed by atoms with Crippen molar-refractivity contribution < 1.29 is 4.79 Å². The number of halogens is 1. The number of carbonyl (C=O) groups is 1. The highest BCUT2D eigenvalue weighted by Crippen LogP contribution is 2.28. The lowest BCUT2D eigenvalue weighted by Gasteiger charge is -2.04. The third kappa shape index (κ3) is 2.92. The summed E-state index contributed by atoms with van der Waals surface area (Å²) in [6.45, 7) is 0. The van der Waals surface area contributed by atoms with Gasteiger partial charge in [0.25, 0.3) is 5.91 Å². The highest BCUT2D eigenvalue weighted by atomic mass is 127. The molecule has 20 heavy (non-hydrogen) atoms. The molecule has 0 spiro atoms. The standard InChI is InChI=1S/C14H9IN2OS2/c15-9-4-1-2-5-10(9)16-13(18)11-8-20-14(17-11)12-6-3-7-19-12/h1-8H,(H,16,18). The first-order chi connectivity index (χ1) is 9.74. The number of amides is 1. The van der Waals surface area contributed by atoms with Gasteiger partial charge in [0.05, 0.1) is 10.6 Å². The van der Waals surface area contributed by atoms with E-state index in [1.165, 1.54) is 11.3 Å². The van der Waals surface area contributed by atoms with Gasteiger partial charge in [0.2, 0.25) is 0 Å². The van der Waals surface area contributed by atoms with Crippen molar-refractivity contribution in [2.45, 2.75) is 0 Å². The zero-order valence-corrected chi connectivity index (χ0v) is 14.0. The molecule has 0 atom stereocenters. The lowest BCUT2D eigenvalue weighted by Crippen LogP contribution is -2.13. The van der Waals surface area contributed by atoms with Crippen LogP contribution in [0.5, 0.6) is 0 Å². The Labute approximate surface area is 137 Å². The Bertz CT molecular complexity index is 737. The lowest BCUT2D eigenvalue weighted by molar-refractivity contribution is 0.102. The molecule has 2 aromatic heterocycles. The summed E-state index contributed by atoms with van der Waals surface area (Å²) in [7, 11) is 0. The average molecular weight is 412 g/mol. The van der Waals surface area contributed by atoms with Crippen LogP contribution >= 0.6 is 45.3 Å². The minimum absolute atomic E-state index is 0.173. The number of aromatic nitrogens is 1. The van der Waals surface area contributed by atoms with Gasteiger partial charge >= 0.3 is 0 Å². The predicted octanol–water partition coefficient (Wildman–Crippen LogP) is 4.73. The van der Waals surface area contributed by atoms with Gasteiger partial charge < -0.3 is 5.32 Å². The largest absolute Gasteiger partial charge is 0.320 e. The number of rotatable bonds is 3. The number of anilines is 1. The van der Waals surface area contributed by atoms with E-state index in [-0.39, 0.29) is 5.91 Å². The van der Waals surface area contributed by atoms with E-state index in [4.69, 9.17) is 0 Å². The maximum Gasteiger partial charge on any atom is 0.275 e. The topological polar surface area (TPSA) is 42.0 Å². The summed E-state index contributed by atoms with van der Waals surface area (Å²) in [6.07, 6.45) is 0. The van der Waals surface area contributed by atoms with E-state index in [0.29, 0.717) is 5.69 Å². The van der Waals surface area contributed by atoms with Crippen LogP contribution < -0.4 is 5.32 Å². The molecule has 0 saturated carbocycles. The Morgan fingerprint density at radius 1 is 1.15 bits per heavy atom. The first-order valence-corrected chi connectivity index (χ1v) is 8.63. The fourth-order valence-corrected chi connectivity index (χ4v) is 3.78. The maximum atomic E-state index is 12.2. The minimum atomic E-state index is -0.173.